The molecule has 2 aromatic rings. The van der Waals surface area contributed by atoms with Crippen LogP contribution < -0.4 is 15.2 Å². The third-order valence-corrected chi connectivity index (χ3v) is 2.48. The van der Waals surface area contributed by atoms with Crippen LogP contribution in [0.5, 0.6) is 17.2 Å². The first-order valence-corrected chi connectivity index (χ1v) is 5.46. The van der Waals surface area contributed by atoms with Crippen LogP contribution in [0.1, 0.15) is 0 Å². The lowest BCUT2D eigenvalue weighted by atomic mass is 10.2. The molecule has 0 amide bonds. The van der Waals surface area contributed by atoms with Crippen LogP contribution in [-0.4, -0.2) is 12.0 Å². The van der Waals surface area contributed by atoms with Gasteiger partial charge in [-0.2, -0.15) is 0 Å². The number of nitro benzene ring substituents is 1. The minimum Gasteiger partial charge on any atom is -0.497 e. The number of nitro groups is 1. The number of hydrogen-bond acceptors (Lipinski definition) is 5. The van der Waals surface area contributed by atoms with E-state index in [1.54, 1.807) is 37.4 Å². The zero-order valence-corrected chi connectivity index (χ0v) is 10.2. The summed E-state index contributed by atoms with van der Waals surface area (Å²) >= 11 is 0. The lowest BCUT2D eigenvalue weighted by molar-refractivity contribution is -0.384. The Bertz CT molecular complexity index is 613. The van der Waals surface area contributed by atoms with Gasteiger partial charge >= 0.3 is 0 Å². The number of anilines is 1. The molecule has 0 aliphatic carbocycles. The second-order valence-electron chi connectivity index (χ2n) is 3.76. The second kappa shape index (κ2) is 5.26. The summed E-state index contributed by atoms with van der Waals surface area (Å²) in [5, 5.41) is 10.8. The summed E-state index contributed by atoms with van der Waals surface area (Å²) in [6.07, 6.45) is 0. The van der Waals surface area contributed by atoms with E-state index in [2.05, 4.69) is 0 Å². The summed E-state index contributed by atoms with van der Waals surface area (Å²) in [6, 6.07) is 11.2. The fraction of sp³-hybridized carbons (Fsp3) is 0.0769. The van der Waals surface area contributed by atoms with E-state index < -0.39 is 4.92 Å². The van der Waals surface area contributed by atoms with Gasteiger partial charge in [0.25, 0.3) is 5.69 Å². The molecule has 0 aromatic heterocycles. The summed E-state index contributed by atoms with van der Waals surface area (Å²) < 4.78 is 10.6. The maximum Gasteiger partial charge on any atom is 0.295 e. The van der Waals surface area contributed by atoms with Crippen LogP contribution in [-0.2, 0) is 0 Å². The predicted molar refractivity (Wildman–Crippen MR) is 70.6 cm³/mol. The third kappa shape index (κ3) is 2.92. The van der Waals surface area contributed by atoms with Gasteiger partial charge < -0.3 is 15.2 Å². The molecule has 0 saturated carbocycles. The van der Waals surface area contributed by atoms with Crippen molar-refractivity contribution in [2.75, 3.05) is 12.8 Å². The number of nitrogens with zero attached hydrogens (tertiary/aromatic N) is 1. The van der Waals surface area contributed by atoms with Crippen molar-refractivity contribution in [3.63, 3.8) is 0 Å². The van der Waals surface area contributed by atoms with Crippen LogP contribution in [0, 0.1) is 10.1 Å². The van der Waals surface area contributed by atoms with Crippen molar-refractivity contribution in [3.8, 4) is 17.2 Å². The molecule has 0 unspecified atom stereocenters. The van der Waals surface area contributed by atoms with E-state index in [9.17, 15) is 10.1 Å². The van der Waals surface area contributed by atoms with E-state index in [4.69, 9.17) is 15.2 Å². The molecule has 2 rings (SSSR count). The Morgan fingerprint density at radius 3 is 2.47 bits per heavy atom. The molecule has 6 nitrogen and oxygen atoms in total. The predicted octanol–water partition coefficient (Wildman–Crippen LogP) is 2.98. The summed E-state index contributed by atoms with van der Waals surface area (Å²) in [5.74, 6) is 1.51. The highest BCUT2D eigenvalue weighted by molar-refractivity contribution is 5.61. The van der Waals surface area contributed by atoms with Crippen molar-refractivity contribution < 1.29 is 14.4 Å². The minimum atomic E-state index is -0.548. The fourth-order valence-corrected chi connectivity index (χ4v) is 1.55. The van der Waals surface area contributed by atoms with Gasteiger partial charge in [-0.15, -0.1) is 0 Å². The molecule has 0 bridgehead atoms. The first-order valence-electron chi connectivity index (χ1n) is 5.46. The highest BCUT2D eigenvalue weighted by Crippen LogP contribution is 2.30. The second-order valence-corrected chi connectivity index (χ2v) is 3.76. The molecule has 0 aliphatic rings. The van der Waals surface area contributed by atoms with Crippen LogP contribution >= 0.6 is 0 Å². The molecule has 0 radical (unpaired) electrons. The Hall–Kier alpha value is -2.76. The van der Waals surface area contributed by atoms with Gasteiger partial charge in [0, 0.05) is 6.07 Å². The molecule has 0 aliphatic heterocycles. The molecular formula is C13H12N2O4. The van der Waals surface area contributed by atoms with Crippen LogP contribution in [0.3, 0.4) is 0 Å². The molecule has 0 heterocycles. The van der Waals surface area contributed by atoms with E-state index in [1.807, 2.05) is 0 Å². The number of rotatable bonds is 4. The molecule has 0 fully saturated rings. The van der Waals surface area contributed by atoms with Crippen LogP contribution in [0.15, 0.2) is 42.5 Å². The number of nitrogen functional groups attached to an aromatic ring is 1. The molecule has 19 heavy (non-hydrogen) atoms. The molecular weight excluding hydrogens is 248 g/mol. The van der Waals surface area contributed by atoms with Gasteiger partial charge in [0.15, 0.2) is 0 Å². The van der Waals surface area contributed by atoms with Crippen molar-refractivity contribution in [2.24, 2.45) is 0 Å². The average molecular weight is 260 g/mol. The van der Waals surface area contributed by atoms with E-state index in [0.717, 1.165) is 0 Å². The Morgan fingerprint density at radius 1 is 1.11 bits per heavy atom. The van der Waals surface area contributed by atoms with E-state index in [1.165, 1.54) is 12.1 Å². The van der Waals surface area contributed by atoms with Gasteiger partial charge in [0.1, 0.15) is 22.9 Å². The van der Waals surface area contributed by atoms with Gasteiger partial charge in [0.2, 0.25) is 0 Å². The number of methoxy groups -OCH3 is 1. The normalized spacial score (nSPS) is 9.95. The lowest BCUT2D eigenvalue weighted by Crippen LogP contribution is -1.96. The highest BCUT2D eigenvalue weighted by Gasteiger charge is 2.13. The number of hydrogen-bond donors (Lipinski definition) is 1. The van der Waals surface area contributed by atoms with Crippen LogP contribution in [0.25, 0.3) is 0 Å². The SMILES string of the molecule is COc1cccc(Oc2ccc(N)c([N+](=O)[O-])c2)c1. The Kier molecular flexibility index (Phi) is 3.51. The van der Waals surface area contributed by atoms with Crippen LogP contribution in [0.4, 0.5) is 11.4 Å². The molecule has 98 valence electrons. The maximum absolute atomic E-state index is 10.8. The quantitative estimate of drug-likeness (QED) is 0.518. The van der Waals surface area contributed by atoms with E-state index in [0.29, 0.717) is 17.2 Å². The zero-order chi connectivity index (χ0) is 13.8. The Morgan fingerprint density at radius 2 is 1.79 bits per heavy atom. The minimum absolute atomic E-state index is 0.1000. The Balaban J connectivity index is 2.28. The highest BCUT2D eigenvalue weighted by atomic mass is 16.6. The topological polar surface area (TPSA) is 87.6 Å². The van der Waals surface area contributed by atoms with Crippen molar-refractivity contribution in [2.45, 2.75) is 0 Å². The Labute approximate surface area is 109 Å². The zero-order valence-electron chi connectivity index (χ0n) is 10.2. The van der Waals surface area contributed by atoms with Crippen molar-refractivity contribution in [1.29, 1.82) is 0 Å². The molecule has 0 atom stereocenters. The van der Waals surface area contributed by atoms with Gasteiger partial charge in [-0.05, 0) is 24.3 Å². The number of ether oxygens (including phenoxy) is 2. The van der Waals surface area contributed by atoms with Crippen molar-refractivity contribution in [1.82, 2.24) is 0 Å². The number of nitrogens with two attached hydrogens (primary N) is 1. The molecule has 6 heteroatoms. The van der Waals surface area contributed by atoms with E-state index in [-0.39, 0.29) is 11.4 Å². The molecule has 2 aromatic carbocycles. The van der Waals surface area contributed by atoms with Gasteiger partial charge in [-0.25, -0.2) is 0 Å². The van der Waals surface area contributed by atoms with Crippen molar-refractivity contribution in [3.05, 3.63) is 52.6 Å². The molecule has 0 spiro atoms. The van der Waals surface area contributed by atoms with E-state index >= 15 is 0 Å². The van der Waals surface area contributed by atoms with Gasteiger partial charge in [0.05, 0.1) is 18.1 Å². The summed E-state index contributed by atoms with van der Waals surface area (Å²) in [6.45, 7) is 0. The van der Waals surface area contributed by atoms with Gasteiger partial charge in [-0.3, -0.25) is 10.1 Å². The van der Waals surface area contributed by atoms with Crippen LogP contribution in [0.2, 0.25) is 0 Å². The smallest absolute Gasteiger partial charge is 0.295 e. The molecule has 2 N–H and O–H groups in total. The largest absolute Gasteiger partial charge is 0.497 e. The van der Waals surface area contributed by atoms with Gasteiger partial charge in [-0.1, -0.05) is 6.07 Å². The summed E-state index contributed by atoms with van der Waals surface area (Å²) in [7, 11) is 1.55. The van der Waals surface area contributed by atoms with Crippen molar-refractivity contribution >= 4 is 11.4 Å². The third-order valence-electron chi connectivity index (χ3n) is 2.48. The summed E-state index contributed by atoms with van der Waals surface area (Å²) in [4.78, 5) is 10.2. The lowest BCUT2D eigenvalue weighted by Gasteiger charge is -2.07. The maximum atomic E-state index is 10.8. The average Bonchev–Trinajstić information content (AvgIpc) is 2.41. The number of benzene rings is 2. The monoisotopic (exact) mass is 260 g/mol. The molecule has 0 saturated heterocycles. The first kappa shape index (κ1) is 12.7. The fourth-order valence-electron chi connectivity index (χ4n) is 1.55. The summed E-state index contributed by atoms with van der Waals surface area (Å²) in [5.41, 5.74) is 5.43. The standard InChI is InChI=1S/C13H12N2O4/c1-18-9-3-2-4-10(7-9)19-11-5-6-12(14)13(8-11)15(16)17/h2-8H,14H2,1H3. The first-order chi connectivity index (χ1) is 9.10.